The van der Waals surface area contributed by atoms with Crippen LogP contribution in [0.25, 0.3) is 0 Å². The molecule has 18 heavy (non-hydrogen) atoms. The lowest BCUT2D eigenvalue weighted by molar-refractivity contribution is -0.142. The number of nitrogens with zero attached hydrogens (tertiary/aromatic N) is 1. The summed E-state index contributed by atoms with van der Waals surface area (Å²) < 4.78 is 10.1. The number of benzene rings is 1. The van der Waals surface area contributed by atoms with Crippen molar-refractivity contribution in [2.24, 2.45) is 0 Å². The third kappa shape index (κ3) is 3.24. The van der Waals surface area contributed by atoms with Gasteiger partial charge in [-0.2, -0.15) is 5.26 Å². The highest BCUT2D eigenvalue weighted by Crippen LogP contribution is 2.24. The van der Waals surface area contributed by atoms with Crippen molar-refractivity contribution in [1.29, 1.82) is 5.26 Å². The van der Waals surface area contributed by atoms with Crippen LogP contribution in [-0.2, 0) is 22.4 Å². The lowest BCUT2D eigenvalue weighted by atomic mass is 10.00. The van der Waals surface area contributed by atoms with E-state index in [1.54, 1.807) is 20.1 Å². The number of hydrogen-bond donors (Lipinski definition) is 0. The highest BCUT2D eigenvalue weighted by atomic mass is 16.5. The molecule has 96 valence electrons. The van der Waals surface area contributed by atoms with Crippen molar-refractivity contribution in [3.8, 4) is 11.8 Å². The molecular weight excluding hydrogens is 230 g/mol. The first kappa shape index (κ1) is 14.0. The van der Waals surface area contributed by atoms with E-state index in [2.05, 4.69) is 6.07 Å². The summed E-state index contributed by atoms with van der Waals surface area (Å²) in [5, 5.41) is 9.09. The smallest absolute Gasteiger partial charge is 0.310 e. The Hall–Kier alpha value is -2.02. The van der Waals surface area contributed by atoms with E-state index in [1.807, 2.05) is 13.0 Å². The summed E-state index contributed by atoms with van der Waals surface area (Å²) in [6.45, 7) is 4.10. The quantitative estimate of drug-likeness (QED) is 0.749. The van der Waals surface area contributed by atoms with Gasteiger partial charge in [0.25, 0.3) is 0 Å². The number of nitriles is 1. The molecule has 4 heteroatoms. The van der Waals surface area contributed by atoms with E-state index in [4.69, 9.17) is 14.7 Å². The van der Waals surface area contributed by atoms with Crippen LogP contribution < -0.4 is 4.74 Å². The zero-order valence-electron chi connectivity index (χ0n) is 10.9. The van der Waals surface area contributed by atoms with Crippen molar-refractivity contribution >= 4 is 5.97 Å². The second-order valence-corrected chi connectivity index (χ2v) is 3.77. The summed E-state index contributed by atoms with van der Waals surface area (Å²) in [4.78, 5) is 11.5. The topological polar surface area (TPSA) is 59.3 Å². The zero-order valence-corrected chi connectivity index (χ0v) is 10.9. The number of carbonyl (C=O) groups excluding carboxylic acids is 1. The molecule has 1 aromatic carbocycles. The van der Waals surface area contributed by atoms with E-state index in [0.29, 0.717) is 23.5 Å². The Bertz CT molecular complexity index is 475. The molecule has 0 radical (unpaired) electrons. The van der Waals surface area contributed by atoms with Gasteiger partial charge in [-0.15, -0.1) is 0 Å². The zero-order chi connectivity index (χ0) is 13.5. The molecule has 0 saturated heterocycles. The Morgan fingerprint density at radius 2 is 2.06 bits per heavy atom. The maximum Gasteiger partial charge on any atom is 0.310 e. The normalized spacial score (nSPS) is 9.67. The number of hydrogen-bond acceptors (Lipinski definition) is 4. The van der Waals surface area contributed by atoms with Crippen LogP contribution in [0.4, 0.5) is 0 Å². The van der Waals surface area contributed by atoms with Crippen LogP contribution in [0.1, 0.15) is 30.5 Å². The van der Waals surface area contributed by atoms with Crippen molar-refractivity contribution in [3.63, 3.8) is 0 Å². The summed E-state index contributed by atoms with van der Waals surface area (Å²) in [5.74, 6) is 0.364. The van der Waals surface area contributed by atoms with E-state index >= 15 is 0 Å². The van der Waals surface area contributed by atoms with Gasteiger partial charge >= 0.3 is 5.97 Å². The molecule has 0 atom stereocenters. The van der Waals surface area contributed by atoms with Crippen LogP contribution in [0, 0.1) is 11.3 Å². The summed E-state index contributed by atoms with van der Waals surface area (Å²) in [7, 11) is 1.57. The average Bonchev–Trinajstić information content (AvgIpc) is 2.38. The number of ether oxygens (including phenoxy) is 2. The molecule has 1 rings (SSSR count). The van der Waals surface area contributed by atoms with Gasteiger partial charge in [-0.05, 0) is 30.5 Å². The van der Waals surface area contributed by atoms with Gasteiger partial charge in [0, 0.05) is 0 Å². The predicted molar refractivity (Wildman–Crippen MR) is 67.4 cm³/mol. The summed E-state index contributed by atoms with van der Waals surface area (Å²) >= 11 is 0. The highest BCUT2D eigenvalue weighted by Gasteiger charge is 2.13. The monoisotopic (exact) mass is 247 g/mol. The van der Waals surface area contributed by atoms with Crippen molar-refractivity contribution < 1.29 is 14.3 Å². The maximum atomic E-state index is 11.5. The van der Waals surface area contributed by atoms with Gasteiger partial charge < -0.3 is 9.47 Å². The molecule has 0 aliphatic carbocycles. The minimum Gasteiger partial charge on any atom is -0.496 e. The molecule has 0 unspecified atom stereocenters. The van der Waals surface area contributed by atoms with E-state index in [-0.39, 0.29) is 12.4 Å². The first-order valence-electron chi connectivity index (χ1n) is 5.91. The molecule has 1 aromatic rings. The van der Waals surface area contributed by atoms with Gasteiger partial charge in [-0.25, -0.2) is 0 Å². The van der Waals surface area contributed by atoms with Crippen molar-refractivity contribution in [3.05, 3.63) is 28.8 Å². The molecule has 0 bridgehead atoms. The Labute approximate surface area is 107 Å². The summed E-state index contributed by atoms with van der Waals surface area (Å²) in [5.41, 5.74) is 2.13. The molecule has 0 spiro atoms. The molecular formula is C14H17NO3. The minimum absolute atomic E-state index is 0.119. The predicted octanol–water partition coefficient (Wildman–Crippen LogP) is 2.23. The summed E-state index contributed by atoms with van der Waals surface area (Å²) in [6.07, 6.45) is 0.901. The molecule has 0 aliphatic heterocycles. The van der Waals surface area contributed by atoms with Gasteiger partial charge in [-0.3, -0.25) is 4.79 Å². The number of esters is 1. The molecule has 0 amide bonds. The molecule has 0 fully saturated rings. The fraction of sp³-hybridized carbons (Fsp3) is 0.429. The lowest BCUT2D eigenvalue weighted by Crippen LogP contribution is -2.09. The van der Waals surface area contributed by atoms with Gasteiger partial charge in [0.1, 0.15) is 5.75 Å². The van der Waals surface area contributed by atoms with Crippen molar-refractivity contribution in [1.82, 2.24) is 0 Å². The van der Waals surface area contributed by atoms with Crippen LogP contribution >= 0.6 is 0 Å². The van der Waals surface area contributed by atoms with Gasteiger partial charge in [-0.1, -0.05) is 13.0 Å². The van der Waals surface area contributed by atoms with Crippen LogP contribution in [0.15, 0.2) is 12.1 Å². The van der Waals surface area contributed by atoms with Crippen LogP contribution in [-0.4, -0.2) is 19.7 Å². The second kappa shape index (κ2) is 6.65. The molecule has 0 N–H and O–H groups in total. The fourth-order valence-electron chi connectivity index (χ4n) is 1.76. The molecule has 0 saturated carbocycles. The molecule has 0 heterocycles. The van der Waals surface area contributed by atoms with E-state index in [1.165, 1.54) is 0 Å². The van der Waals surface area contributed by atoms with Crippen molar-refractivity contribution in [2.45, 2.75) is 26.7 Å². The first-order chi connectivity index (χ1) is 8.65. The number of aryl methyl sites for hydroxylation is 1. The Morgan fingerprint density at radius 1 is 1.33 bits per heavy atom. The largest absolute Gasteiger partial charge is 0.496 e. The molecule has 4 nitrogen and oxygen atoms in total. The number of rotatable bonds is 5. The number of carbonyl (C=O) groups is 1. The molecule has 0 aliphatic rings. The van der Waals surface area contributed by atoms with E-state index < -0.39 is 0 Å². The van der Waals surface area contributed by atoms with Gasteiger partial charge in [0.05, 0.1) is 31.8 Å². The van der Waals surface area contributed by atoms with E-state index in [0.717, 1.165) is 12.0 Å². The third-order valence-electron chi connectivity index (χ3n) is 2.65. The van der Waals surface area contributed by atoms with Crippen molar-refractivity contribution in [2.75, 3.05) is 13.7 Å². The Morgan fingerprint density at radius 3 is 2.56 bits per heavy atom. The average molecular weight is 247 g/mol. The Balaban J connectivity index is 3.10. The SMILES string of the molecule is CCOC(=O)Cc1cc(CC)c(OC)cc1C#N. The van der Waals surface area contributed by atoms with Gasteiger partial charge in [0.2, 0.25) is 0 Å². The van der Waals surface area contributed by atoms with E-state index in [9.17, 15) is 4.79 Å². The van der Waals surface area contributed by atoms with Crippen LogP contribution in [0.2, 0.25) is 0 Å². The van der Waals surface area contributed by atoms with Crippen LogP contribution in [0.3, 0.4) is 0 Å². The fourth-order valence-corrected chi connectivity index (χ4v) is 1.76. The van der Waals surface area contributed by atoms with Crippen LogP contribution in [0.5, 0.6) is 5.75 Å². The summed E-state index contributed by atoms with van der Waals surface area (Å²) in [6, 6.07) is 5.60. The maximum absolute atomic E-state index is 11.5. The number of methoxy groups -OCH3 is 1. The van der Waals surface area contributed by atoms with Gasteiger partial charge in [0.15, 0.2) is 0 Å². The third-order valence-corrected chi connectivity index (χ3v) is 2.65. The lowest BCUT2D eigenvalue weighted by Gasteiger charge is -2.11. The standard InChI is InChI=1S/C14H17NO3/c1-4-10-6-11(8-14(16)18-5-2)12(9-15)7-13(10)17-3/h6-7H,4-5,8H2,1-3H3. The first-order valence-corrected chi connectivity index (χ1v) is 5.91. The Kier molecular flexibility index (Phi) is 5.19. The highest BCUT2D eigenvalue weighted by molar-refractivity contribution is 5.74. The minimum atomic E-state index is -0.318. The second-order valence-electron chi connectivity index (χ2n) is 3.77. The molecule has 0 aromatic heterocycles.